The quantitative estimate of drug-likeness (QED) is 0.191. The van der Waals surface area contributed by atoms with Gasteiger partial charge in [0, 0.05) is 0 Å². The second-order valence-electron chi connectivity index (χ2n) is 16.7. The maximum Gasteiger partial charge on any atom is 0.314 e. The fourth-order valence-electron chi connectivity index (χ4n) is 5.50. The van der Waals surface area contributed by atoms with Gasteiger partial charge in [-0.15, -0.1) is 0 Å². The third kappa shape index (κ3) is 8.29. The lowest BCUT2D eigenvalue weighted by Gasteiger charge is -2.44. The van der Waals surface area contributed by atoms with E-state index in [4.69, 9.17) is 37.3 Å². The highest BCUT2D eigenvalue weighted by atomic mass is 28.4. The molecular formula is C34H58O9Si2. The second kappa shape index (κ2) is 12.7. The minimum Gasteiger partial charge on any atom is -0.460 e. The Balaban J connectivity index is 1.78. The molecule has 3 aliphatic heterocycles. The number of hydrogen-bond acceptors (Lipinski definition) is 9. The maximum atomic E-state index is 14.5. The van der Waals surface area contributed by atoms with E-state index in [2.05, 4.69) is 67.7 Å². The van der Waals surface area contributed by atoms with E-state index in [-0.39, 0.29) is 23.3 Å². The van der Waals surface area contributed by atoms with Crippen LogP contribution in [-0.4, -0.2) is 77.6 Å². The van der Waals surface area contributed by atoms with Gasteiger partial charge in [0.1, 0.15) is 36.9 Å². The molecule has 0 aliphatic carbocycles. The third-order valence-electron chi connectivity index (χ3n) is 10.1. The van der Waals surface area contributed by atoms with Gasteiger partial charge in [-0.1, -0.05) is 71.9 Å². The van der Waals surface area contributed by atoms with E-state index in [1.165, 1.54) is 0 Å². The maximum absolute atomic E-state index is 14.5. The monoisotopic (exact) mass is 666 g/mol. The summed E-state index contributed by atoms with van der Waals surface area (Å²) in [4.78, 5) is 14.5. The molecule has 0 bridgehead atoms. The van der Waals surface area contributed by atoms with Crippen LogP contribution in [0.25, 0.3) is 0 Å². The highest BCUT2D eigenvalue weighted by Gasteiger charge is 2.63. The number of esters is 1. The Morgan fingerprint density at radius 1 is 0.867 bits per heavy atom. The van der Waals surface area contributed by atoms with Crippen LogP contribution in [0, 0.1) is 5.92 Å². The molecule has 3 heterocycles. The van der Waals surface area contributed by atoms with Crippen molar-refractivity contribution in [3.8, 4) is 0 Å². The first-order chi connectivity index (χ1) is 20.4. The lowest BCUT2D eigenvalue weighted by Crippen LogP contribution is -2.56. The highest BCUT2D eigenvalue weighted by molar-refractivity contribution is 6.74. The molecule has 256 valence electrons. The number of carbonyl (C=O) groups excluding carboxylic acids is 1. The van der Waals surface area contributed by atoms with E-state index in [1.807, 2.05) is 58.0 Å². The molecule has 0 amide bonds. The van der Waals surface area contributed by atoms with Gasteiger partial charge in [-0.25, -0.2) is 0 Å². The number of ether oxygens (including phenoxy) is 6. The predicted molar refractivity (Wildman–Crippen MR) is 177 cm³/mol. The molecule has 0 unspecified atom stereocenters. The standard InChI is InChI=1S/C34H58O9Si2/c1-31(2,3)44(11,12)42-25(23-21-37-33(7,8)39-23)24(29(35)36-20-22-18-16-15-17-19-22)26-27-28(41-34(9,10)40-27)30(38-26)43-45(13,14)32(4,5)6/h15-19,23-28,30H,20-21H2,1-14H3/t23-,24-,25+,26-,27-,28-,30+/m1/s1. The van der Waals surface area contributed by atoms with Crippen LogP contribution < -0.4 is 0 Å². The van der Waals surface area contributed by atoms with Crippen molar-refractivity contribution in [1.82, 2.24) is 0 Å². The zero-order valence-electron chi connectivity index (χ0n) is 30.0. The number of hydrogen-bond donors (Lipinski definition) is 0. The van der Waals surface area contributed by atoms with Crippen LogP contribution in [0.15, 0.2) is 30.3 Å². The van der Waals surface area contributed by atoms with Crippen molar-refractivity contribution >= 4 is 22.6 Å². The SMILES string of the molecule is CC1(C)O[C@H]2[C@@H](O1)[C@H](O[Si](C)(C)C(C)(C)C)O[C@@H]2[C@H](C(=O)OCc1ccccc1)[C@@H](O[Si](C)(C)C(C)(C)C)[C@H]1COC(C)(C)O1. The zero-order valence-corrected chi connectivity index (χ0v) is 32.0. The van der Waals surface area contributed by atoms with Crippen LogP contribution in [0.2, 0.25) is 36.3 Å². The van der Waals surface area contributed by atoms with E-state index < -0.39 is 76.9 Å². The van der Waals surface area contributed by atoms with E-state index in [9.17, 15) is 4.79 Å². The summed E-state index contributed by atoms with van der Waals surface area (Å²) in [6.45, 7) is 29.7. The van der Waals surface area contributed by atoms with Crippen molar-refractivity contribution in [3.05, 3.63) is 35.9 Å². The van der Waals surface area contributed by atoms with Gasteiger partial charge in [-0.2, -0.15) is 0 Å². The summed E-state index contributed by atoms with van der Waals surface area (Å²) in [6.07, 6.45) is -3.91. The average molecular weight is 667 g/mol. The summed E-state index contributed by atoms with van der Waals surface area (Å²) >= 11 is 0. The van der Waals surface area contributed by atoms with E-state index >= 15 is 0 Å². The molecule has 3 fully saturated rings. The van der Waals surface area contributed by atoms with Gasteiger partial charge in [0.2, 0.25) is 0 Å². The number of benzene rings is 1. The van der Waals surface area contributed by atoms with Crippen molar-refractivity contribution in [1.29, 1.82) is 0 Å². The molecule has 0 spiro atoms. The summed E-state index contributed by atoms with van der Waals surface area (Å²) in [5.41, 5.74) is 0.888. The Bertz CT molecular complexity index is 1170. The van der Waals surface area contributed by atoms with Gasteiger partial charge >= 0.3 is 5.97 Å². The molecular weight excluding hydrogens is 609 g/mol. The molecule has 45 heavy (non-hydrogen) atoms. The fourth-order valence-corrected chi connectivity index (χ4v) is 7.95. The molecule has 7 atom stereocenters. The smallest absolute Gasteiger partial charge is 0.314 e. The molecule has 0 saturated carbocycles. The molecule has 0 aromatic heterocycles. The molecule has 4 rings (SSSR count). The molecule has 0 radical (unpaired) electrons. The Morgan fingerprint density at radius 3 is 1.98 bits per heavy atom. The first-order valence-corrected chi connectivity index (χ1v) is 22.1. The Labute approximate surface area is 273 Å². The lowest BCUT2D eigenvalue weighted by atomic mass is 9.88. The normalized spacial score (nSPS) is 29.8. The summed E-state index contributed by atoms with van der Waals surface area (Å²) in [6, 6.07) is 9.66. The largest absolute Gasteiger partial charge is 0.460 e. The summed E-state index contributed by atoms with van der Waals surface area (Å²) < 4.78 is 52.3. The second-order valence-corrected chi connectivity index (χ2v) is 26.3. The summed E-state index contributed by atoms with van der Waals surface area (Å²) in [5, 5.41) is -0.206. The molecule has 3 aliphatic rings. The topological polar surface area (TPSA) is 90.9 Å². The van der Waals surface area contributed by atoms with Crippen LogP contribution in [0.1, 0.15) is 74.8 Å². The average Bonchev–Trinajstić information content (AvgIpc) is 3.51. The fraction of sp³-hybridized carbons (Fsp3) is 0.794. The van der Waals surface area contributed by atoms with Gasteiger partial charge < -0.3 is 37.3 Å². The van der Waals surface area contributed by atoms with Crippen LogP contribution in [-0.2, 0) is 48.7 Å². The van der Waals surface area contributed by atoms with E-state index in [0.717, 1.165) is 5.56 Å². The van der Waals surface area contributed by atoms with Gasteiger partial charge in [-0.3, -0.25) is 4.79 Å². The number of carbonyl (C=O) groups is 1. The lowest BCUT2D eigenvalue weighted by molar-refractivity contribution is -0.231. The Hall–Kier alpha value is -1.16. The first-order valence-electron chi connectivity index (χ1n) is 16.3. The first kappa shape index (κ1) is 36.7. The predicted octanol–water partition coefficient (Wildman–Crippen LogP) is 7.15. The number of fused-ring (bicyclic) bond motifs is 1. The van der Waals surface area contributed by atoms with Gasteiger partial charge in [0.05, 0.1) is 12.7 Å². The Morgan fingerprint density at radius 2 is 1.44 bits per heavy atom. The van der Waals surface area contributed by atoms with Crippen LogP contribution in [0.3, 0.4) is 0 Å². The molecule has 1 aromatic carbocycles. The third-order valence-corrected chi connectivity index (χ3v) is 19.0. The van der Waals surface area contributed by atoms with Gasteiger partial charge in [-0.05, 0) is 69.5 Å². The van der Waals surface area contributed by atoms with Crippen molar-refractivity contribution in [2.24, 2.45) is 5.92 Å². The van der Waals surface area contributed by atoms with Crippen LogP contribution in [0.5, 0.6) is 0 Å². The van der Waals surface area contributed by atoms with Crippen molar-refractivity contribution in [2.45, 2.75) is 160 Å². The van der Waals surface area contributed by atoms with Gasteiger partial charge in [0.25, 0.3) is 0 Å². The van der Waals surface area contributed by atoms with Crippen molar-refractivity contribution in [3.63, 3.8) is 0 Å². The summed E-state index contributed by atoms with van der Waals surface area (Å²) in [5.74, 6) is -3.08. The van der Waals surface area contributed by atoms with Crippen molar-refractivity contribution in [2.75, 3.05) is 6.61 Å². The van der Waals surface area contributed by atoms with Crippen LogP contribution >= 0.6 is 0 Å². The van der Waals surface area contributed by atoms with Crippen LogP contribution in [0.4, 0.5) is 0 Å². The molecule has 9 nitrogen and oxygen atoms in total. The van der Waals surface area contributed by atoms with E-state index in [0.29, 0.717) is 0 Å². The summed E-state index contributed by atoms with van der Waals surface area (Å²) in [7, 11) is -4.77. The highest BCUT2D eigenvalue weighted by Crippen LogP contribution is 2.48. The molecule has 1 aromatic rings. The molecule has 11 heteroatoms. The number of rotatable bonds is 10. The van der Waals surface area contributed by atoms with Crippen molar-refractivity contribution < 1.29 is 42.1 Å². The molecule has 3 saturated heterocycles. The minimum absolute atomic E-state index is 0.0679. The van der Waals surface area contributed by atoms with E-state index in [1.54, 1.807) is 0 Å². The van der Waals surface area contributed by atoms with Gasteiger partial charge in [0.15, 0.2) is 34.5 Å². The minimum atomic E-state index is -2.47. The Kier molecular flexibility index (Phi) is 10.4. The molecule has 0 N–H and O–H groups in total. The zero-order chi connectivity index (χ0) is 33.8.